The molecule has 1 aromatic rings. The third-order valence-electron chi connectivity index (χ3n) is 3.41. The van der Waals surface area contributed by atoms with E-state index in [2.05, 4.69) is 10.6 Å². The van der Waals surface area contributed by atoms with Gasteiger partial charge in [-0.15, -0.1) is 0 Å². The van der Waals surface area contributed by atoms with E-state index in [0.29, 0.717) is 19.6 Å². The van der Waals surface area contributed by atoms with E-state index in [4.69, 9.17) is 0 Å². The highest BCUT2D eigenvalue weighted by atomic mass is 32.2. The molecule has 0 aliphatic carbocycles. The van der Waals surface area contributed by atoms with Gasteiger partial charge in [0.1, 0.15) is 0 Å². The maximum atomic E-state index is 12.4. The van der Waals surface area contributed by atoms with E-state index in [0.717, 1.165) is 5.56 Å². The minimum atomic E-state index is -3.44. The number of hydrogen-bond donors (Lipinski definition) is 2. The van der Waals surface area contributed by atoms with Crippen LogP contribution >= 0.6 is 0 Å². The molecule has 1 atom stereocenters. The SMILES string of the molecule is CCNC(=O)NC(C)c1ccc(S(=O)(=O)N(CC)CC)cc1. The summed E-state index contributed by atoms with van der Waals surface area (Å²) in [6, 6.07) is 6.19. The van der Waals surface area contributed by atoms with Crippen molar-refractivity contribution in [3.8, 4) is 0 Å². The molecule has 22 heavy (non-hydrogen) atoms. The quantitative estimate of drug-likeness (QED) is 0.805. The minimum absolute atomic E-state index is 0.197. The first-order chi connectivity index (χ1) is 10.4. The van der Waals surface area contributed by atoms with Gasteiger partial charge in [-0.1, -0.05) is 26.0 Å². The van der Waals surface area contributed by atoms with Crippen LogP contribution in [0.15, 0.2) is 29.2 Å². The Morgan fingerprint density at radius 3 is 2.14 bits per heavy atom. The normalized spacial score (nSPS) is 13.0. The second-order valence-corrected chi connectivity index (χ2v) is 6.82. The van der Waals surface area contributed by atoms with E-state index in [1.54, 1.807) is 24.3 Å². The van der Waals surface area contributed by atoms with Crippen molar-refractivity contribution >= 4 is 16.1 Å². The molecule has 0 aromatic heterocycles. The Labute approximate surface area is 132 Å². The predicted octanol–water partition coefficient (Wildman–Crippen LogP) is 2.10. The van der Waals surface area contributed by atoms with Crippen molar-refractivity contribution in [3.63, 3.8) is 0 Å². The number of rotatable bonds is 7. The monoisotopic (exact) mass is 327 g/mol. The molecule has 7 heteroatoms. The molecule has 0 spiro atoms. The smallest absolute Gasteiger partial charge is 0.315 e. The lowest BCUT2D eigenvalue weighted by atomic mass is 10.1. The third-order valence-corrected chi connectivity index (χ3v) is 5.47. The van der Waals surface area contributed by atoms with Crippen LogP contribution in [0.3, 0.4) is 0 Å². The molecule has 1 aromatic carbocycles. The molecule has 1 unspecified atom stereocenters. The van der Waals surface area contributed by atoms with Gasteiger partial charge in [-0.2, -0.15) is 4.31 Å². The van der Waals surface area contributed by atoms with Crippen LogP contribution in [-0.2, 0) is 10.0 Å². The summed E-state index contributed by atoms with van der Waals surface area (Å²) in [6.07, 6.45) is 0. The predicted molar refractivity (Wildman–Crippen MR) is 87.2 cm³/mol. The van der Waals surface area contributed by atoms with Crippen LogP contribution in [0.4, 0.5) is 4.79 Å². The summed E-state index contributed by atoms with van der Waals surface area (Å²) in [6.45, 7) is 8.76. The molecular formula is C15H25N3O3S. The summed E-state index contributed by atoms with van der Waals surface area (Å²) >= 11 is 0. The highest BCUT2D eigenvalue weighted by Crippen LogP contribution is 2.19. The molecule has 2 N–H and O–H groups in total. The van der Waals surface area contributed by atoms with E-state index in [1.165, 1.54) is 4.31 Å². The second kappa shape index (κ2) is 8.14. The fourth-order valence-electron chi connectivity index (χ4n) is 2.13. The van der Waals surface area contributed by atoms with Gasteiger partial charge in [0.2, 0.25) is 10.0 Å². The summed E-state index contributed by atoms with van der Waals surface area (Å²) in [5.41, 5.74) is 0.852. The lowest BCUT2D eigenvalue weighted by Crippen LogP contribution is -2.36. The molecule has 6 nitrogen and oxygen atoms in total. The molecular weight excluding hydrogens is 302 g/mol. The Balaban J connectivity index is 2.88. The van der Waals surface area contributed by atoms with Crippen molar-refractivity contribution in [2.75, 3.05) is 19.6 Å². The van der Waals surface area contributed by atoms with Crippen molar-refractivity contribution in [2.24, 2.45) is 0 Å². The Bertz CT molecular complexity index is 581. The van der Waals surface area contributed by atoms with Gasteiger partial charge in [0.05, 0.1) is 10.9 Å². The fourth-order valence-corrected chi connectivity index (χ4v) is 3.59. The molecule has 0 fully saturated rings. The number of sulfonamides is 1. The van der Waals surface area contributed by atoms with Crippen molar-refractivity contribution < 1.29 is 13.2 Å². The number of urea groups is 1. The molecule has 2 amide bonds. The minimum Gasteiger partial charge on any atom is -0.338 e. The zero-order valence-corrected chi connectivity index (χ0v) is 14.4. The first-order valence-electron chi connectivity index (χ1n) is 7.51. The number of nitrogens with one attached hydrogen (secondary N) is 2. The Kier molecular flexibility index (Phi) is 6.83. The van der Waals surface area contributed by atoms with Gasteiger partial charge in [-0.25, -0.2) is 13.2 Å². The fraction of sp³-hybridized carbons (Fsp3) is 0.533. The molecule has 124 valence electrons. The molecule has 0 radical (unpaired) electrons. The van der Waals surface area contributed by atoms with Crippen LogP contribution in [0.25, 0.3) is 0 Å². The maximum Gasteiger partial charge on any atom is 0.315 e. The average molecular weight is 327 g/mol. The number of hydrogen-bond acceptors (Lipinski definition) is 3. The van der Waals surface area contributed by atoms with Gasteiger partial charge in [0.25, 0.3) is 0 Å². The topological polar surface area (TPSA) is 78.5 Å². The standard InChI is InChI=1S/C15H25N3O3S/c1-5-16-15(19)17-12(4)13-8-10-14(11-9-13)22(20,21)18(6-2)7-3/h8-12H,5-7H2,1-4H3,(H2,16,17,19). The number of carbonyl (C=O) groups is 1. The van der Waals surface area contributed by atoms with Gasteiger partial charge in [0.15, 0.2) is 0 Å². The average Bonchev–Trinajstić information content (AvgIpc) is 2.48. The van der Waals surface area contributed by atoms with E-state index < -0.39 is 10.0 Å². The maximum absolute atomic E-state index is 12.4. The van der Waals surface area contributed by atoms with Crippen molar-refractivity contribution in [1.29, 1.82) is 0 Å². The van der Waals surface area contributed by atoms with Crippen LogP contribution in [0.5, 0.6) is 0 Å². The molecule has 1 rings (SSSR count). The van der Waals surface area contributed by atoms with Gasteiger partial charge in [-0.3, -0.25) is 0 Å². The number of carbonyl (C=O) groups excluding carboxylic acids is 1. The van der Waals surface area contributed by atoms with Crippen LogP contribution in [-0.4, -0.2) is 38.4 Å². The zero-order valence-electron chi connectivity index (χ0n) is 13.6. The van der Waals surface area contributed by atoms with E-state index >= 15 is 0 Å². The van der Waals surface area contributed by atoms with Crippen LogP contribution in [0, 0.1) is 0 Å². The van der Waals surface area contributed by atoms with Crippen molar-refractivity contribution in [3.05, 3.63) is 29.8 Å². The van der Waals surface area contributed by atoms with Gasteiger partial charge < -0.3 is 10.6 Å². The van der Waals surface area contributed by atoms with Gasteiger partial charge >= 0.3 is 6.03 Å². The summed E-state index contributed by atoms with van der Waals surface area (Å²) in [4.78, 5) is 11.8. The highest BCUT2D eigenvalue weighted by Gasteiger charge is 2.21. The highest BCUT2D eigenvalue weighted by molar-refractivity contribution is 7.89. The zero-order chi connectivity index (χ0) is 16.8. The van der Waals surface area contributed by atoms with Crippen LogP contribution in [0.1, 0.15) is 39.3 Å². The van der Waals surface area contributed by atoms with E-state index in [1.807, 2.05) is 27.7 Å². The summed E-state index contributed by atoms with van der Waals surface area (Å²) < 4.78 is 26.2. The summed E-state index contributed by atoms with van der Waals surface area (Å²) in [5.74, 6) is 0. The molecule has 0 bridgehead atoms. The van der Waals surface area contributed by atoms with Crippen LogP contribution in [0.2, 0.25) is 0 Å². The Morgan fingerprint density at radius 2 is 1.68 bits per heavy atom. The van der Waals surface area contributed by atoms with Crippen LogP contribution < -0.4 is 10.6 Å². The number of benzene rings is 1. The van der Waals surface area contributed by atoms with E-state index in [-0.39, 0.29) is 17.0 Å². The number of amides is 2. The Morgan fingerprint density at radius 1 is 1.14 bits per heavy atom. The van der Waals surface area contributed by atoms with Gasteiger partial charge in [0, 0.05) is 19.6 Å². The van der Waals surface area contributed by atoms with Crippen molar-refractivity contribution in [1.82, 2.24) is 14.9 Å². The largest absolute Gasteiger partial charge is 0.338 e. The van der Waals surface area contributed by atoms with E-state index in [9.17, 15) is 13.2 Å². The Hall–Kier alpha value is -1.60. The molecule has 0 aliphatic rings. The first-order valence-corrected chi connectivity index (χ1v) is 8.95. The summed E-state index contributed by atoms with van der Waals surface area (Å²) in [7, 11) is -3.44. The first kappa shape index (κ1) is 18.4. The molecule has 0 aliphatic heterocycles. The van der Waals surface area contributed by atoms with Gasteiger partial charge in [-0.05, 0) is 31.5 Å². The lowest BCUT2D eigenvalue weighted by molar-refractivity contribution is 0.238. The number of nitrogens with zero attached hydrogens (tertiary/aromatic N) is 1. The third kappa shape index (κ3) is 4.45. The molecule has 0 saturated heterocycles. The second-order valence-electron chi connectivity index (χ2n) is 4.88. The lowest BCUT2D eigenvalue weighted by Gasteiger charge is -2.19. The van der Waals surface area contributed by atoms with Crippen molar-refractivity contribution in [2.45, 2.75) is 38.6 Å². The molecule has 0 saturated carbocycles. The molecule has 0 heterocycles. The summed E-state index contributed by atoms with van der Waals surface area (Å²) in [5, 5.41) is 5.45.